The normalized spacial score (nSPS) is 13.2. The quantitative estimate of drug-likeness (QED) is 0.785. The lowest BCUT2D eigenvalue weighted by atomic mass is 10.2. The van der Waals surface area contributed by atoms with Crippen molar-refractivity contribution < 1.29 is 13.2 Å². The van der Waals surface area contributed by atoms with Crippen LogP contribution in [-0.2, 0) is 21.2 Å². The van der Waals surface area contributed by atoms with Crippen LogP contribution in [0.25, 0.3) is 0 Å². The number of sulfone groups is 1. The van der Waals surface area contributed by atoms with E-state index in [1.54, 1.807) is 24.3 Å². The number of amides is 1. The molecule has 0 aliphatic carbocycles. The maximum absolute atomic E-state index is 11.3. The third kappa shape index (κ3) is 4.12. The Morgan fingerprint density at radius 3 is 2.28 bits per heavy atom. The molecule has 1 aromatic rings. The molecule has 0 saturated heterocycles. The predicted octanol–water partition coefficient (Wildman–Crippen LogP) is 0.444. The van der Waals surface area contributed by atoms with E-state index in [2.05, 4.69) is 5.32 Å². The summed E-state index contributed by atoms with van der Waals surface area (Å²) in [6.45, 7) is 2.35. The van der Waals surface area contributed by atoms with Gasteiger partial charge in [0.25, 0.3) is 0 Å². The first-order chi connectivity index (χ1) is 8.34. The number of carbonyl (C=O) groups is 1. The van der Waals surface area contributed by atoms with Crippen LogP contribution in [0.4, 0.5) is 0 Å². The molecule has 0 bridgehead atoms. The Labute approximate surface area is 107 Å². The molecule has 1 atom stereocenters. The second-order valence-electron chi connectivity index (χ2n) is 4.16. The van der Waals surface area contributed by atoms with Crippen LogP contribution in [-0.4, -0.2) is 26.6 Å². The fourth-order valence-electron chi connectivity index (χ4n) is 1.54. The highest BCUT2D eigenvalue weighted by Gasteiger charge is 2.11. The van der Waals surface area contributed by atoms with Gasteiger partial charge in [-0.1, -0.05) is 19.1 Å². The van der Waals surface area contributed by atoms with Crippen molar-refractivity contribution in [3.63, 3.8) is 0 Å². The van der Waals surface area contributed by atoms with E-state index in [1.807, 2.05) is 6.92 Å². The van der Waals surface area contributed by atoms with E-state index in [9.17, 15) is 13.2 Å². The van der Waals surface area contributed by atoms with Crippen LogP contribution >= 0.6 is 0 Å². The second-order valence-corrected chi connectivity index (χ2v) is 6.18. The van der Waals surface area contributed by atoms with Gasteiger partial charge >= 0.3 is 0 Å². The van der Waals surface area contributed by atoms with Crippen molar-refractivity contribution in [1.82, 2.24) is 5.32 Å². The summed E-state index contributed by atoms with van der Waals surface area (Å²) in [4.78, 5) is 11.3. The van der Waals surface area contributed by atoms with Gasteiger partial charge in [0.05, 0.1) is 10.9 Å². The average Bonchev–Trinajstić information content (AvgIpc) is 2.29. The zero-order valence-corrected chi connectivity index (χ0v) is 11.3. The molecule has 0 saturated carbocycles. The lowest BCUT2D eigenvalue weighted by Gasteiger charge is -2.13. The van der Waals surface area contributed by atoms with Crippen molar-refractivity contribution in [2.45, 2.75) is 30.8 Å². The van der Waals surface area contributed by atoms with E-state index < -0.39 is 9.84 Å². The highest BCUT2D eigenvalue weighted by atomic mass is 32.2. The summed E-state index contributed by atoms with van der Waals surface area (Å²) in [5.74, 6) is -0.384. The number of rotatable bonds is 6. The van der Waals surface area contributed by atoms with Crippen molar-refractivity contribution in [2.75, 3.05) is 6.26 Å². The molecule has 18 heavy (non-hydrogen) atoms. The number of nitrogens with two attached hydrogens (primary N) is 1. The largest absolute Gasteiger partial charge is 0.368 e. The van der Waals surface area contributed by atoms with Crippen molar-refractivity contribution in [2.24, 2.45) is 5.73 Å². The number of nitrogens with one attached hydrogen (secondary N) is 1. The summed E-state index contributed by atoms with van der Waals surface area (Å²) in [7, 11) is -3.16. The molecule has 1 rings (SSSR count). The van der Waals surface area contributed by atoms with Crippen molar-refractivity contribution >= 4 is 15.7 Å². The van der Waals surface area contributed by atoms with E-state index in [-0.39, 0.29) is 16.8 Å². The number of carbonyl (C=O) groups excluding carboxylic acids is 1. The topological polar surface area (TPSA) is 89.3 Å². The lowest BCUT2D eigenvalue weighted by molar-refractivity contribution is -0.120. The van der Waals surface area contributed by atoms with E-state index in [1.165, 1.54) is 6.26 Å². The van der Waals surface area contributed by atoms with Crippen LogP contribution in [0.2, 0.25) is 0 Å². The molecule has 6 heteroatoms. The van der Waals surface area contributed by atoms with Gasteiger partial charge in [0.15, 0.2) is 9.84 Å². The molecule has 0 aliphatic heterocycles. The zero-order valence-electron chi connectivity index (χ0n) is 10.5. The zero-order chi connectivity index (χ0) is 13.8. The summed E-state index contributed by atoms with van der Waals surface area (Å²) < 4.78 is 22.5. The summed E-state index contributed by atoms with van der Waals surface area (Å²) in [6, 6.07) is 6.18. The third-order valence-electron chi connectivity index (χ3n) is 2.66. The SMILES string of the molecule is CCC(NCc1ccc(S(C)(=O)=O)cc1)C(N)=O. The maximum atomic E-state index is 11.3. The van der Waals surface area contributed by atoms with Crippen molar-refractivity contribution in [3.8, 4) is 0 Å². The van der Waals surface area contributed by atoms with E-state index in [0.717, 1.165) is 5.56 Å². The molecule has 1 amide bonds. The van der Waals surface area contributed by atoms with Crippen LogP contribution in [0.15, 0.2) is 29.2 Å². The molecule has 1 unspecified atom stereocenters. The molecule has 0 spiro atoms. The van der Waals surface area contributed by atoms with E-state index >= 15 is 0 Å². The Kier molecular flexibility index (Phi) is 4.86. The van der Waals surface area contributed by atoms with Crippen LogP contribution < -0.4 is 11.1 Å². The fourth-order valence-corrected chi connectivity index (χ4v) is 2.17. The maximum Gasteiger partial charge on any atom is 0.234 e. The molecule has 3 N–H and O–H groups in total. The lowest BCUT2D eigenvalue weighted by Crippen LogP contribution is -2.40. The first-order valence-electron chi connectivity index (χ1n) is 5.66. The van der Waals surface area contributed by atoms with E-state index in [0.29, 0.717) is 13.0 Å². The molecule has 1 aromatic carbocycles. The van der Waals surface area contributed by atoms with Crippen LogP contribution in [0.1, 0.15) is 18.9 Å². The Balaban J connectivity index is 2.67. The molecular formula is C12H18N2O3S. The molecule has 0 aromatic heterocycles. The highest BCUT2D eigenvalue weighted by Crippen LogP contribution is 2.10. The van der Waals surface area contributed by atoms with Gasteiger partial charge in [-0.3, -0.25) is 4.79 Å². The molecule has 0 fully saturated rings. The number of hydrogen-bond donors (Lipinski definition) is 2. The number of primary amides is 1. The highest BCUT2D eigenvalue weighted by molar-refractivity contribution is 7.90. The Morgan fingerprint density at radius 1 is 1.33 bits per heavy atom. The Morgan fingerprint density at radius 2 is 1.89 bits per heavy atom. The predicted molar refractivity (Wildman–Crippen MR) is 69.7 cm³/mol. The van der Waals surface area contributed by atoms with Gasteiger partial charge in [0.2, 0.25) is 5.91 Å². The van der Waals surface area contributed by atoms with Crippen molar-refractivity contribution in [3.05, 3.63) is 29.8 Å². The molecular weight excluding hydrogens is 252 g/mol. The van der Waals surface area contributed by atoms with Gasteiger partial charge < -0.3 is 11.1 Å². The van der Waals surface area contributed by atoms with E-state index in [4.69, 9.17) is 5.73 Å². The van der Waals surface area contributed by atoms with Crippen molar-refractivity contribution in [1.29, 1.82) is 0 Å². The summed E-state index contributed by atoms with van der Waals surface area (Å²) >= 11 is 0. The minimum Gasteiger partial charge on any atom is -0.368 e. The standard InChI is InChI=1S/C12H18N2O3S/c1-3-11(12(13)15)14-8-9-4-6-10(7-5-9)18(2,16)17/h4-7,11,14H,3,8H2,1-2H3,(H2,13,15). The first kappa shape index (κ1) is 14.7. The molecule has 0 radical (unpaired) electrons. The number of hydrogen-bond acceptors (Lipinski definition) is 4. The summed E-state index contributed by atoms with van der Waals surface area (Å²) in [6.07, 6.45) is 1.79. The van der Waals surface area contributed by atoms with Gasteiger partial charge in [0.1, 0.15) is 0 Å². The molecule has 5 nitrogen and oxygen atoms in total. The van der Waals surface area contributed by atoms with Crippen LogP contribution in [0, 0.1) is 0 Å². The fraction of sp³-hybridized carbons (Fsp3) is 0.417. The summed E-state index contributed by atoms with van der Waals surface area (Å²) in [5, 5.41) is 3.02. The monoisotopic (exact) mass is 270 g/mol. The van der Waals surface area contributed by atoms with Gasteiger partial charge in [-0.25, -0.2) is 8.42 Å². The second kappa shape index (κ2) is 5.97. The van der Waals surface area contributed by atoms with Crippen LogP contribution in [0.3, 0.4) is 0 Å². The first-order valence-corrected chi connectivity index (χ1v) is 7.55. The Bertz CT molecular complexity index is 509. The average molecular weight is 270 g/mol. The van der Waals surface area contributed by atoms with Gasteiger partial charge in [-0.2, -0.15) is 0 Å². The minimum atomic E-state index is -3.16. The van der Waals surface area contributed by atoms with Gasteiger partial charge in [-0.05, 0) is 24.1 Å². The molecule has 100 valence electrons. The molecule has 0 aliphatic rings. The van der Waals surface area contributed by atoms with Crippen LogP contribution in [0.5, 0.6) is 0 Å². The Hall–Kier alpha value is -1.40. The summed E-state index contributed by atoms with van der Waals surface area (Å²) in [5.41, 5.74) is 6.12. The van der Waals surface area contributed by atoms with Gasteiger partial charge in [0, 0.05) is 12.8 Å². The van der Waals surface area contributed by atoms with Gasteiger partial charge in [-0.15, -0.1) is 0 Å². The number of benzene rings is 1. The molecule has 0 heterocycles. The third-order valence-corrected chi connectivity index (χ3v) is 3.78. The minimum absolute atomic E-state index is 0.285. The smallest absolute Gasteiger partial charge is 0.234 e.